The lowest BCUT2D eigenvalue weighted by atomic mass is 9.97. The van der Waals surface area contributed by atoms with Crippen LogP contribution in [0.2, 0.25) is 0 Å². The monoisotopic (exact) mass is 474 g/mol. The number of benzene rings is 1. The van der Waals surface area contributed by atoms with Crippen LogP contribution >= 0.6 is 0 Å². The van der Waals surface area contributed by atoms with E-state index in [4.69, 9.17) is 10.5 Å². The molecule has 3 atom stereocenters. The second-order valence-corrected chi connectivity index (χ2v) is 10.0. The maximum Gasteiger partial charge on any atom is 0.329 e. The van der Waals surface area contributed by atoms with Crippen molar-refractivity contribution in [3.05, 3.63) is 35.9 Å². The second kappa shape index (κ2) is 12.0. The van der Waals surface area contributed by atoms with E-state index in [9.17, 15) is 19.2 Å². The predicted molar refractivity (Wildman–Crippen MR) is 128 cm³/mol. The second-order valence-electron chi connectivity index (χ2n) is 10.0. The van der Waals surface area contributed by atoms with Crippen LogP contribution in [0.25, 0.3) is 0 Å². The van der Waals surface area contributed by atoms with Crippen LogP contribution < -0.4 is 16.4 Å². The van der Waals surface area contributed by atoms with E-state index < -0.39 is 41.5 Å². The normalized spacial score (nSPS) is 18.4. The van der Waals surface area contributed by atoms with Gasteiger partial charge >= 0.3 is 5.97 Å². The molecule has 1 aromatic carbocycles. The highest BCUT2D eigenvalue weighted by Crippen LogP contribution is 2.18. The summed E-state index contributed by atoms with van der Waals surface area (Å²) in [4.78, 5) is 52.5. The van der Waals surface area contributed by atoms with Crippen molar-refractivity contribution in [3.8, 4) is 0 Å². The summed E-state index contributed by atoms with van der Waals surface area (Å²) in [6, 6.07) is 7.14. The first-order chi connectivity index (χ1) is 15.9. The number of esters is 1. The van der Waals surface area contributed by atoms with Gasteiger partial charge < -0.3 is 26.0 Å². The van der Waals surface area contributed by atoms with Crippen molar-refractivity contribution in [2.24, 2.45) is 11.7 Å². The molecule has 0 unspecified atom stereocenters. The van der Waals surface area contributed by atoms with E-state index in [-0.39, 0.29) is 24.7 Å². The third-order valence-electron chi connectivity index (χ3n) is 5.57. The van der Waals surface area contributed by atoms with Crippen LogP contribution in [0.3, 0.4) is 0 Å². The van der Waals surface area contributed by atoms with Gasteiger partial charge in [0.05, 0.1) is 6.04 Å². The van der Waals surface area contributed by atoms with Crippen LogP contribution in [-0.2, 0) is 30.3 Å². The highest BCUT2D eigenvalue weighted by molar-refractivity contribution is 5.93. The van der Waals surface area contributed by atoms with Crippen LogP contribution in [0.15, 0.2) is 30.3 Å². The van der Waals surface area contributed by atoms with Crippen molar-refractivity contribution in [1.82, 2.24) is 15.5 Å². The maximum atomic E-state index is 13.5. The SMILES string of the molecule is CC(C)[C@@H]1NCCN([C@@H](Cc2ccccc2)C(=O)N[C@@H](CCC(N)=O)C(=O)OC(C)(C)C)C1=O. The number of nitrogens with two attached hydrogens (primary N) is 1. The zero-order chi connectivity index (χ0) is 25.5. The first-order valence-electron chi connectivity index (χ1n) is 11.8. The quantitative estimate of drug-likeness (QED) is 0.436. The lowest BCUT2D eigenvalue weighted by Gasteiger charge is -2.39. The molecule has 1 aliphatic heterocycles. The molecule has 1 saturated heterocycles. The van der Waals surface area contributed by atoms with Gasteiger partial charge in [0.25, 0.3) is 0 Å². The molecule has 0 spiro atoms. The Kier molecular flexibility index (Phi) is 9.61. The predicted octanol–water partition coefficient (Wildman–Crippen LogP) is 1.15. The molecule has 34 heavy (non-hydrogen) atoms. The fraction of sp³-hybridized carbons (Fsp3) is 0.600. The van der Waals surface area contributed by atoms with Gasteiger partial charge in [-0.3, -0.25) is 14.4 Å². The van der Waals surface area contributed by atoms with Gasteiger partial charge in [-0.1, -0.05) is 44.2 Å². The molecule has 1 aromatic rings. The van der Waals surface area contributed by atoms with Crippen LogP contribution in [-0.4, -0.2) is 65.4 Å². The van der Waals surface area contributed by atoms with E-state index >= 15 is 0 Å². The molecule has 1 fully saturated rings. The van der Waals surface area contributed by atoms with Crippen LogP contribution in [0.4, 0.5) is 0 Å². The number of nitrogens with zero attached hydrogens (tertiary/aromatic N) is 1. The number of nitrogens with one attached hydrogen (secondary N) is 2. The molecule has 9 nitrogen and oxygen atoms in total. The summed E-state index contributed by atoms with van der Waals surface area (Å²) < 4.78 is 5.45. The van der Waals surface area contributed by atoms with Gasteiger partial charge in [-0.25, -0.2) is 4.79 Å². The number of rotatable bonds is 10. The van der Waals surface area contributed by atoms with Gasteiger partial charge in [-0.15, -0.1) is 0 Å². The van der Waals surface area contributed by atoms with Gasteiger partial charge in [0.2, 0.25) is 17.7 Å². The summed E-state index contributed by atoms with van der Waals surface area (Å²) >= 11 is 0. The third-order valence-corrected chi connectivity index (χ3v) is 5.57. The molecule has 3 amide bonds. The zero-order valence-corrected chi connectivity index (χ0v) is 20.8. The Morgan fingerprint density at radius 1 is 1.21 bits per heavy atom. The number of carbonyl (C=O) groups is 4. The molecule has 4 N–H and O–H groups in total. The molecule has 1 heterocycles. The zero-order valence-electron chi connectivity index (χ0n) is 20.8. The maximum absolute atomic E-state index is 13.5. The molecule has 0 radical (unpaired) electrons. The highest BCUT2D eigenvalue weighted by Gasteiger charge is 2.39. The Labute approximate surface area is 201 Å². The number of hydrogen-bond acceptors (Lipinski definition) is 6. The molecule has 0 saturated carbocycles. The topological polar surface area (TPSA) is 131 Å². The van der Waals surface area contributed by atoms with Crippen molar-refractivity contribution in [1.29, 1.82) is 0 Å². The minimum atomic E-state index is -1.06. The van der Waals surface area contributed by atoms with E-state index in [1.807, 2.05) is 44.2 Å². The molecule has 9 heteroatoms. The number of piperazine rings is 1. The number of carbonyl (C=O) groups excluding carboxylic acids is 4. The molecule has 2 rings (SSSR count). The van der Waals surface area contributed by atoms with E-state index in [2.05, 4.69) is 10.6 Å². The summed E-state index contributed by atoms with van der Waals surface area (Å²) in [5.74, 6) is -1.79. The number of ether oxygens (including phenoxy) is 1. The smallest absolute Gasteiger partial charge is 0.329 e. The van der Waals surface area contributed by atoms with E-state index in [1.165, 1.54) is 0 Å². The summed E-state index contributed by atoms with van der Waals surface area (Å²) in [7, 11) is 0. The van der Waals surface area contributed by atoms with E-state index in [1.54, 1.807) is 25.7 Å². The van der Waals surface area contributed by atoms with Gasteiger partial charge in [0, 0.05) is 25.9 Å². The van der Waals surface area contributed by atoms with Crippen LogP contribution in [0, 0.1) is 5.92 Å². The lowest BCUT2D eigenvalue weighted by Crippen LogP contribution is -2.63. The Morgan fingerprint density at radius 3 is 2.41 bits per heavy atom. The minimum Gasteiger partial charge on any atom is -0.458 e. The van der Waals surface area contributed by atoms with Gasteiger partial charge in [0.15, 0.2) is 0 Å². The van der Waals surface area contributed by atoms with Crippen molar-refractivity contribution in [2.45, 2.75) is 77.6 Å². The number of amides is 3. The van der Waals surface area contributed by atoms with Gasteiger partial charge in [-0.05, 0) is 38.7 Å². The fourth-order valence-electron chi connectivity index (χ4n) is 3.91. The standard InChI is InChI=1S/C25H38N4O5/c1-16(2)21-23(32)29(14-13-27-21)19(15-17-9-7-6-8-10-17)22(31)28-18(11-12-20(26)30)24(33)34-25(3,4)5/h6-10,16,18-19,21,27H,11-15H2,1-5H3,(H2,26,30)(H,28,31)/t18-,19-,21-/m0/s1. The molecule has 1 aliphatic rings. The summed E-state index contributed by atoms with van der Waals surface area (Å²) in [5, 5.41) is 5.97. The largest absolute Gasteiger partial charge is 0.458 e. The Bertz CT molecular complexity index is 866. The number of primary amides is 1. The summed E-state index contributed by atoms with van der Waals surface area (Å²) in [6.45, 7) is 10.0. The third kappa shape index (κ3) is 8.13. The molecule has 0 aromatic heterocycles. The highest BCUT2D eigenvalue weighted by atomic mass is 16.6. The van der Waals surface area contributed by atoms with E-state index in [0.29, 0.717) is 19.5 Å². The molecular formula is C25H38N4O5. The molecule has 0 aliphatic carbocycles. The number of hydrogen-bond donors (Lipinski definition) is 3. The fourth-order valence-corrected chi connectivity index (χ4v) is 3.91. The molecule has 0 bridgehead atoms. The Hall–Kier alpha value is -2.94. The van der Waals surface area contributed by atoms with Gasteiger partial charge in [0.1, 0.15) is 17.7 Å². The van der Waals surface area contributed by atoms with Crippen LogP contribution in [0.1, 0.15) is 53.0 Å². The van der Waals surface area contributed by atoms with Crippen molar-refractivity contribution < 1.29 is 23.9 Å². The van der Waals surface area contributed by atoms with Crippen molar-refractivity contribution in [3.63, 3.8) is 0 Å². The first kappa shape index (κ1) is 27.3. The lowest BCUT2D eigenvalue weighted by molar-refractivity contribution is -0.159. The first-order valence-corrected chi connectivity index (χ1v) is 11.8. The molecular weight excluding hydrogens is 436 g/mol. The van der Waals surface area contributed by atoms with Crippen LogP contribution in [0.5, 0.6) is 0 Å². The van der Waals surface area contributed by atoms with E-state index in [0.717, 1.165) is 5.56 Å². The van der Waals surface area contributed by atoms with Gasteiger partial charge in [-0.2, -0.15) is 0 Å². The summed E-state index contributed by atoms with van der Waals surface area (Å²) in [6.07, 6.45) is 0.216. The van der Waals surface area contributed by atoms with Crippen molar-refractivity contribution >= 4 is 23.7 Å². The summed E-state index contributed by atoms with van der Waals surface area (Å²) in [5.41, 5.74) is 5.40. The Balaban J connectivity index is 2.31. The average Bonchev–Trinajstić information content (AvgIpc) is 2.74. The van der Waals surface area contributed by atoms with Crippen molar-refractivity contribution in [2.75, 3.05) is 13.1 Å². The minimum absolute atomic E-state index is 0.0121. The Morgan fingerprint density at radius 2 is 1.85 bits per heavy atom. The molecule has 188 valence electrons. The average molecular weight is 475 g/mol.